The lowest BCUT2D eigenvalue weighted by Gasteiger charge is -2.20. The van der Waals surface area contributed by atoms with Crippen LogP contribution < -0.4 is 5.32 Å². The van der Waals surface area contributed by atoms with Crippen LogP contribution >= 0.6 is 11.3 Å². The third kappa shape index (κ3) is 2.69. The Morgan fingerprint density at radius 2 is 1.96 bits per heavy atom. The van der Waals surface area contributed by atoms with Crippen molar-refractivity contribution in [2.45, 2.75) is 33.2 Å². The van der Waals surface area contributed by atoms with E-state index in [2.05, 4.69) is 15.5 Å². The third-order valence-corrected chi connectivity index (χ3v) is 4.71. The second-order valence-corrected chi connectivity index (χ2v) is 6.76. The zero-order valence-electron chi connectivity index (χ0n) is 13.5. The van der Waals surface area contributed by atoms with Gasteiger partial charge in [-0.2, -0.15) is 0 Å². The molecule has 1 N–H and O–H groups in total. The monoisotopic (exact) mass is 344 g/mol. The summed E-state index contributed by atoms with van der Waals surface area (Å²) in [5, 5.41) is 11.4. The Kier molecular flexibility index (Phi) is 4.15. The van der Waals surface area contributed by atoms with Crippen molar-refractivity contribution in [3.8, 4) is 0 Å². The molecule has 0 unspecified atom stereocenters. The van der Waals surface area contributed by atoms with Crippen molar-refractivity contribution >= 4 is 34.2 Å². The van der Waals surface area contributed by atoms with E-state index in [0.29, 0.717) is 22.7 Å². The summed E-state index contributed by atoms with van der Waals surface area (Å²) in [7, 11) is 0. The van der Waals surface area contributed by atoms with Gasteiger partial charge in [0.05, 0.1) is 11.1 Å². The molecule has 0 radical (unpaired) electrons. The number of nitrogens with zero attached hydrogens (tertiary/aromatic N) is 3. The molecule has 1 aliphatic rings. The zero-order valence-corrected chi connectivity index (χ0v) is 14.3. The Hall–Kier alpha value is -2.61. The van der Waals surface area contributed by atoms with Gasteiger partial charge in [0.15, 0.2) is 0 Å². The number of imide groups is 1. The number of benzene rings is 1. The van der Waals surface area contributed by atoms with E-state index in [1.165, 1.54) is 34.4 Å². The van der Waals surface area contributed by atoms with Gasteiger partial charge >= 0.3 is 0 Å². The van der Waals surface area contributed by atoms with Gasteiger partial charge in [-0.05, 0) is 38.5 Å². The summed E-state index contributed by atoms with van der Waals surface area (Å²) in [6.07, 6.45) is 0.676. The number of fused-ring (bicyclic) bond motifs is 1. The van der Waals surface area contributed by atoms with Gasteiger partial charge in [0.25, 0.3) is 17.7 Å². The molecule has 8 heteroatoms. The van der Waals surface area contributed by atoms with Crippen LogP contribution in [0.3, 0.4) is 0 Å². The third-order valence-electron chi connectivity index (χ3n) is 3.96. The van der Waals surface area contributed by atoms with Gasteiger partial charge in [0.1, 0.15) is 5.01 Å². The zero-order chi connectivity index (χ0) is 17.4. The first-order valence-electron chi connectivity index (χ1n) is 7.55. The van der Waals surface area contributed by atoms with Crippen molar-refractivity contribution in [2.75, 3.05) is 5.32 Å². The molecule has 0 saturated carbocycles. The SMILES string of the molecule is CC[C@H](C)N1C(=O)c2ccc(C(=O)Nc3nnc(C)s3)cc2C1=O. The van der Waals surface area contributed by atoms with Crippen LogP contribution in [0.25, 0.3) is 0 Å². The highest BCUT2D eigenvalue weighted by Crippen LogP contribution is 2.27. The first kappa shape index (κ1) is 16.3. The number of hydrogen-bond donors (Lipinski definition) is 1. The van der Waals surface area contributed by atoms with Gasteiger partial charge in [0, 0.05) is 11.6 Å². The van der Waals surface area contributed by atoms with Crippen LogP contribution in [0.2, 0.25) is 0 Å². The van der Waals surface area contributed by atoms with Crippen molar-refractivity contribution in [1.82, 2.24) is 15.1 Å². The lowest BCUT2D eigenvalue weighted by molar-refractivity contribution is 0.0593. The number of carbonyl (C=O) groups is 3. The molecule has 1 aromatic heterocycles. The van der Waals surface area contributed by atoms with Crippen LogP contribution in [0.15, 0.2) is 18.2 Å². The van der Waals surface area contributed by atoms with Gasteiger partial charge < -0.3 is 0 Å². The molecular formula is C16H16N4O3S. The second-order valence-electron chi connectivity index (χ2n) is 5.58. The Morgan fingerprint density at radius 3 is 2.58 bits per heavy atom. The van der Waals surface area contributed by atoms with E-state index in [-0.39, 0.29) is 23.4 Å². The molecular weight excluding hydrogens is 328 g/mol. The summed E-state index contributed by atoms with van der Waals surface area (Å²) < 4.78 is 0. The van der Waals surface area contributed by atoms with Crippen molar-refractivity contribution in [2.24, 2.45) is 0 Å². The maximum absolute atomic E-state index is 12.5. The molecule has 0 spiro atoms. The van der Waals surface area contributed by atoms with E-state index in [4.69, 9.17) is 0 Å². The van der Waals surface area contributed by atoms with Crippen LogP contribution in [0.1, 0.15) is 56.3 Å². The number of carbonyl (C=O) groups excluding carboxylic acids is 3. The first-order valence-corrected chi connectivity index (χ1v) is 8.37. The highest BCUT2D eigenvalue weighted by Gasteiger charge is 2.38. The van der Waals surface area contributed by atoms with Crippen LogP contribution in [0.4, 0.5) is 5.13 Å². The molecule has 0 bridgehead atoms. The largest absolute Gasteiger partial charge is 0.296 e. The highest BCUT2D eigenvalue weighted by atomic mass is 32.1. The summed E-state index contributed by atoms with van der Waals surface area (Å²) in [5.41, 5.74) is 0.902. The average Bonchev–Trinajstić information content (AvgIpc) is 3.08. The van der Waals surface area contributed by atoms with Crippen LogP contribution in [-0.4, -0.2) is 38.9 Å². The van der Waals surface area contributed by atoms with Gasteiger partial charge in [-0.1, -0.05) is 18.3 Å². The summed E-state index contributed by atoms with van der Waals surface area (Å²) >= 11 is 1.26. The van der Waals surface area contributed by atoms with Crippen molar-refractivity contribution in [3.63, 3.8) is 0 Å². The molecule has 0 saturated heterocycles. The maximum atomic E-state index is 12.5. The summed E-state index contributed by atoms with van der Waals surface area (Å²) in [4.78, 5) is 38.4. The van der Waals surface area contributed by atoms with E-state index < -0.39 is 5.91 Å². The van der Waals surface area contributed by atoms with Gasteiger partial charge in [-0.3, -0.25) is 24.6 Å². The van der Waals surface area contributed by atoms with E-state index in [1.54, 1.807) is 6.92 Å². The van der Waals surface area contributed by atoms with Crippen LogP contribution in [-0.2, 0) is 0 Å². The first-order chi connectivity index (χ1) is 11.4. The molecule has 3 amide bonds. The Labute approximate surface area is 142 Å². The van der Waals surface area contributed by atoms with Gasteiger partial charge in [-0.15, -0.1) is 10.2 Å². The standard InChI is InChI=1S/C16H16N4O3S/c1-4-8(2)20-14(22)11-6-5-10(7-12(11)15(20)23)13(21)17-16-19-18-9(3)24-16/h5-8H,4H2,1-3H3,(H,17,19,21)/t8-/m0/s1. The fraction of sp³-hybridized carbons (Fsp3) is 0.312. The molecule has 1 atom stereocenters. The van der Waals surface area contributed by atoms with E-state index in [1.807, 2.05) is 13.8 Å². The van der Waals surface area contributed by atoms with Gasteiger partial charge in [0.2, 0.25) is 5.13 Å². The number of aryl methyl sites for hydroxylation is 1. The number of rotatable bonds is 4. The quantitative estimate of drug-likeness (QED) is 0.860. The lowest BCUT2D eigenvalue weighted by Crippen LogP contribution is -2.37. The van der Waals surface area contributed by atoms with Crippen LogP contribution in [0, 0.1) is 6.92 Å². The maximum Gasteiger partial charge on any atom is 0.261 e. The minimum atomic E-state index is -0.392. The van der Waals surface area contributed by atoms with E-state index >= 15 is 0 Å². The normalized spacial score (nSPS) is 14.7. The second kappa shape index (κ2) is 6.12. The lowest BCUT2D eigenvalue weighted by atomic mass is 10.1. The highest BCUT2D eigenvalue weighted by molar-refractivity contribution is 7.15. The van der Waals surface area contributed by atoms with Crippen molar-refractivity contribution in [1.29, 1.82) is 0 Å². The molecule has 3 rings (SSSR count). The molecule has 2 heterocycles. The average molecular weight is 344 g/mol. The minimum Gasteiger partial charge on any atom is -0.296 e. The number of hydrogen-bond acceptors (Lipinski definition) is 6. The fourth-order valence-corrected chi connectivity index (χ4v) is 3.09. The summed E-state index contributed by atoms with van der Waals surface area (Å²) in [5.74, 6) is -1.06. The van der Waals surface area contributed by atoms with E-state index in [0.717, 1.165) is 5.01 Å². The van der Waals surface area contributed by atoms with Crippen LogP contribution in [0.5, 0.6) is 0 Å². The predicted molar refractivity (Wildman–Crippen MR) is 89.3 cm³/mol. The van der Waals surface area contributed by atoms with Crippen molar-refractivity contribution < 1.29 is 14.4 Å². The molecule has 0 aliphatic carbocycles. The van der Waals surface area contributed by atoms with Gasteiger partial charge in [-0.25, -0.2) is 0 Å². The number of amides is 3. The molecule has 1 aromatic carbocycles. The summed E-state index contributed by atoms with van der Waals surface area (Å²) in [6, 6.07) is 4.34. The molecule has 2 aromatic rings. The topological polar surface area (TPSA) is 92.3 Å². The molecule has 124 valence electrons. The van der Waals surface area contributed by atoms with Crippen molar-refractivity contribution in [3.05, 3.63) is 39.9 Å². The number of aromatic nitrogens is 2. The Morgan fingerprint density at radius 1 is 1.25 bits per heavy atom. The molecule has 24 heavy (non-hydrogen) atoms. The summed E-state index contributed by atoms with van der Waals surface area (Å²) in [6.45, 7) is 5.53. The molecule has 0 fully saturated rings. The Balaban J connectivity index is 1.88. The Bertz CT molecular complexity index is 846. The fourth-order valence-electron chi connectivity index (χ4n) is 2.50. The minimum absolute atomic E-state index is 0.181. The van der Waals surface area contributed by atoms with E-state index in [9.17, 15) is 14.4 Å². The molecule has 7 nitrogen and oxygen atoms in total. The predicted octanol–water partition coefficient (Wildman–Crippen LogP) is 2.49. The number of anilines is 1. The number of nitrogens with one attached hydrogen (secondary N) is 1. The smallest absolute Gasteiger partial charge is 0.261 e. The molecule has 1 aliphatic heterocycles.